The van der Waals surface area contributed by atoms with Gasteiger partial charge in [-0.05, 0) is 42.9 Å². The van der Waals surface area contributed by atoms with E-state index in [-0.39, 0.29) is 11.9 Å². The molecule has 0 aromatic heterocycles. The number of benzene rings is 2. The van der Waals surface area contributed by atoms with Crippen LogP contribution in [0.25, 0.3) is 0 Å². The molecule has 0 bridgehead atoms. The first-order chi connectivity index (χ1) is 13.7. The van der Waals surface area contributed by atoms with Gasteiger partial charge in [0.25, 0.3) is 0 Å². The molecule has 5 heteroatoms. The Morgan fingerprint density at radius 1 is 1.04 bits per heavy atom. The molecular formula is C23H28N2O3. The predicted molar refractivity (Wildman–Crippen MR) is 110 cm³/mol. The summed E-state index contributed by atoms with van der Waals surface area (Å²) in [5.41, 5.74) is 2.56. The number of anilines is 1. The fraction of sp³-hybridized carbons (Fsp3) is 0.391. The number of rotatable bonds is 7. The lowest BCUT2D eigenvalue weighted by Gasteiger charge is -2.32. The van der Waals surface area contributed by atoms with Crippen LogP contribution in [0.2, 0.25) is 0 Å². The topological polar surface area (TPSA) is 58.6 Å². The number of para-hydroxylation sites is 1. The van der Waals surface area contributed by atoms with E-state index < -0.39 is 0 Å². The quantitative estimate of drug-likeness (QED) is 0.743. The number of carbonyl (C=O) groups excluding carboxylic acids is 2. The second-order valence-corrected chi connectivity index (χ2v) is 7.23. The van der Waals surface area contributed by atoms with Crippen molar-refractivity contribution in [2.45, 2.75) is 25.7 Å². The Labute approximate surface area is 166 Å². The van der Waals surface area contributed by atoms with Crippen LogP contribution in [0.4, 0.5) is 5.69 Å². The van der Waals surface area contributed by atoms with E-state index in [1.807, 2.05) is 23.1 Å². The number of nitrogens with one attached hydrogen (secondary N) is 1. The van der Waals surface area contributed by atoms with Gasteiger partial charge in [-0.2, -0.15) is 0 Å². The molecule has 0 unspecified atom stereocenters. The minimum atomic E-state index is -0.380. The summed E-state index contributed by atoms with van der Waals surface area (Å²) in [6.07, 6.45) is 3.62. The third-order valence-electron chi connectivity index (χ3n) is 5.32. The molecule has 0 saturated carbocycles. The van der Waals surface area contributed by atoms with Gasteiger partial charge in [0.05, 0.1) is 12.7 Å². The fourth-order valence-electron chi connectivity index (χ4n) is 3.72. The second-order valence-electron chi connectivity index (χ2n) is 7.23. The number of ether oxygens (including phenoxy) is 1. The standard InChI is InChI=1S/C23H28N2O3/c1-28-23(27)20-9-5-6-10-21(20)24-14-11-22(26)25-15-12-19(13-16-25)17-18-7-3-2-4-8-18/h2-10,19,24H,11-17H2,1H3. The Balaban J connectivity index is 1.42. The van der Waals surface area contributed by atoms with Crippen molar-refractivity contribution in [1.82, 2.24) is 4.90 Å². The maximum Gasteiger partial charge on any atom is 0.339 e. The van der Waals surface area contributed by atoms with Crippen molar-refractivity contribution in [2.24, 2.45) is 5.92 Å². The molecule has 0 radical (unpaired) electrons. The van der Waals surface area contributed by atoms with Gasteiger partial charge in [0, 0.05) is 31.7 Å². The molecule has 1 aliphatic heterocycles. The van der Waals surface area contributed by atoms with Gasteiger partial charge in [0.15, 0.2) is 0 Å². The molecule has 1 saturated heterocycles. The van der Waals surface area contributed by atoms with Crippen molar-refractivity contribution in [2.75, 3.05) is 32.1 Å². The normalized spacial score (nSPS) is 14.5. The van der Waals surface area contributed by atoms with E-state index in [9.17, 15) is 9.59 Å². The van der Waals surface area contributed by atoms with Crippen molar-refractivity contribution in [3.63, 3.8) is 0 Å². The highest BCUT2D eigenvalue weighted by molar-refractivity contribution is 5.95. The van der Waals surface area contributed by atoms with Gasteiger partial charge in [0.1, 0.15) is 0 Å². The number of piperidine rings is 1. The summed E-state index contributed by atoms with van der Waals surface area (Å²) in [6.45, 7) is 2.15. The van der Waals surface area contributed by atoms with Crippen LogP contribution in [0.15, 0.2) is 54.6 Å². The van der Waals surface area contributed by atoms with Crippen LogP contribution >= 0.6 is 0 Å². The number of nitrogens with zero attached hydrogens (tertiary/aromatic N) is 1. The average Bonchev–Trinajstić information content (AvgIpc) is 2.74. The van der Waals surface area contributed by atoms with E-state index in [2.05, 4.69) is 29.6 Å². The Morgan fingerprint density at radius 3 is 2.43 bits per heavy atom. The summed E-state index contributed by atoms with van der Waals surface area (Å²) in [7, 11) is 1.37. The van der Waals surface area contributed by atoms with Crippen molar-refractivity contribution >= 4 is 17.6 Å². The van der Waals surface area contributed by atoms with Crippen LogP contribution in [-0.4, -0.2) is 43.5 Å². The van der Waals surface area contributed by atoms with Crippen molar-refractivity contribution in [3.05, 3.63) is 65.7 Å². The molecule has 1 amide bonds. The van der Waals surface area contributed by atoms with Gasteiger partial charge in [-0.3, -0.25) is 4.79 Å². The highest BCUT2D eigenvalue weighted by Gasteiger charge is 2.22. The number of carbonyl (C=O) groups is 2. The minimum absolute atomic E-state index is 0.168. The largest absolute Gasteiger partial charge is 0.465 e. The molecule has 1 heterocycles. The minimum Gasteiger partial charge on any atom is -0.465 e. The van der Waals surface area contributed by atoms with Gasteiger partial charge in [-0.1, -0.05) is 42.5 Å². The Hall–Kier alpha value is -2.82. The molecule has 0 aliphatic carbocycles. The summed E-state index contributed by atoms with van der Waals surface area (Å²) in [5.74, 6) is 0.438. The molecule has 0 atom stereocenters. The lowest BCUT2D eigenvalue weighted by molar-refractivity contribution is -0.132. The zero-order chi connectivity index (χ0) is 19.8. The van der Waals surface area contributed by atoms with Crippen molar-refractivity contribution < 1.29 is 14.3 Å². The monoisotopic (exact) mass is 380 g/mol. The van der Waals surface area contributed by atoms with E-state index >= 15 is 0 Å². The van der Waals surface area contributed by atoms with E-state index in [1.165, 1.54) is 12.7 Å². The summed E-state index contributed by atoms with van der Waals surface area (Å²) in [5, 5.41) is 3.19. The van der Waals surface area contributed by atoms with Gasteiger partial charge in [0.2, 0.25) is 5.91 Å². The van der Waals surface area contributed by atoms with Crippen LogP contribution in [0.5, 0.6) is 0 Å². The van der Waals surface area contributed by atoms with E-state index in [0.717, 1.165) is 32.4 Å². The lowest BCUT2D eigenvalue weighted by atomic mass is 9.90. The average molecular weight is 380 g/mol. The molecule has 3 rings (SSSR count). The van der Waals surface area contributed by atoms with E-state index in [0.29, 0.717) is 30.1 Å². The summed E-state index contributed by atoms with van der Waals surface area (Å²) >= 11 is 0. The fourth-order valence-corrected chi connectivity index (χ4v) is 3.72. The number of esters is 1. The van der Waals surface area contributed by atoms with Crippen LogP contribution < -0.4 is 5.32 Å². The second kappa shape index (κ2) is 9.93. The number of hydrogen-bond acceptors (Lipinski definition) is 4. The predicted octanol–water partition coefficient (Wildman–Crippen LogP) is 3.76. The molecule has 0 spiro atoms. The molecule has 2 aromatic carbocycles. The summed E-state index contributed by atoms with van der Waals surface area (Å²) in [4.78, 5) is 26.3. The Morgan fingerprint density at radius 2 is 1.71 bits per heavy atom. The van der Waals surface area contributed by atoms with Gasteiger partial charge in [-0.15, -0.1) is 0 Å². The van der Waals surface area contributed by atoms with E-state index in [4.69, 9.17) is 4.74 Å². The first-order valence-corrected chi connectivity index (χ1v) is 9.90. The molecule has 148 valence electrons. The van der Waals surface area contributed by atoms with Crippen LogP contribution in [-0.2, 0) is 16.0 Å². The first kappa shape index (κ1) is 19.9. The number of methoxy groups -OCH3 is 1. The summed E-state index contributed by atoms with van der Waals surface area (Å²) in [6, 6.07) is 17.8. The highest BCUT2D eigenvalue weighted by atomic mass is 16.5. The van der Waals surface area contributed by atoms with Crippen molar-refractivity contribution in [1.29, 1.82) is 0 Å². The first-order valence-electron chi connectivity index (χ1n) is 9.90. The maximum absolute atomic E-state index is 12.5. The third kappa shape index (κ3) is 5.35. The third-order valence-corrected chi connectivity index (χ3v) is 5.32. The highest BCUT2D eigenvalue weighted by Crippen LogP contribution is 2.22. The SMILES string of the molecule is COC(=O)c1ccccc1NCCC(=O)N1CCC(Cc2ccccc2)CC1. The smallest absolute Gasteiger partial charge is 0.339 e. The molecule has 1 N–H and O–H groups in total. The zero-order valence-corrected chi connectivity index (χ0v) is 16.4. The van der Waals surface area contributed by atoms with Crippen molar-refractivity contribution in [3.8, 4) is 0 Å². The number of hydrogen-bond donors (Lipinski definition) is 1. The van der Waals surface area contributed by atoms with E-state index in [1.54, 1.807) is 12.1 Å². The van der Waals surface area contributed by atoms with Crippen LogP contribution in [0.1, 0.15) is 35.2 Å². The Kier molecular flexibility index (Phi) is 7.06. The molecule has 5 nitrogen and oxygen atoms in total. The van der Waals surface area contributed by atoms with Crippen LogP contribution in [0.3, 0.4) is 0 Å². The number of likely N-dealkylation sites (tertiary alicyclic amines) is 1. The molecule has 1 aliphatic rings. The molecule has 2 aromatic rings. The van der Waals surface area contributed by atoms with Gasteiger partial charge in [-0.25, -0.2) is 4.79 Å². The molecule has 28 heavy (non-hydrogen) atoms. The van der Waals surface area contributed by atoms with Gasteiger partial charge >= 0.3 is 5.97 Å². The number of amides is 1. The molecule has 1 fully saturated rings. The Bertz CT molecular complexity index is 783. The lowest BCUT2D eigenvalue weighted by Crippen LogP contribution is -2.39. The molecular weight excluding hydrogens is 352 g/mol. The van der Waals surface area contributed by atoms with Crippen LogP contribution in [0, 0.1) is 5.92 Å². The maximum atomic E-state index is 12.5. The zero-order valence-electron chi connectivity index (χ0n) is 16.4. The summed E-state index contributed by atoms with van der Waals surface area (Å²) < 4.78 is 4.80. The van der Waals surface area contributed by atoms with Gasteiger partial charge < -0.3 is 15.0 Å².